The minimum Gasteiger partial charge on any atom is -0.314 e. The van der Waals surface area contributed by atoms with Crippen molar-refractivity contribution in [1.29, 1.82) is 0 Å². The number of aromatic nitrogens is 2. The summed E-state index contributed by atoms with van der Waals surface area (Å²) < 4.78 is 0. The molecule has 1 aromatic heterocycles. The third kappa shape index (κ3) is 3.50. The molecule has 0 saturated carbocycles. The van der Waals surface area contributed by atoms with E-state index < -0.39 is 0 Å². The average Bonchev–Trinajstić information content (AvgIpc) is 2.36. The maximum Gasteiger partial charge on any atom is 0.0727 e. The van der Waals surface area contributed by atoms with Crippen molar-refractivity contribution in [3.63, 3.8) is 0 Å². The van der Waals surface area contributed by atoms with Crippen molar-refractivity contribution < 1.29 is 0 Å². The van der Waals surface area contributed by atoms with Crippen LogP contribution in [-0.2, 0) is 6.54 Å². The lowest BCUT2D eigenvalue weighted by Gasteiger charge is -2.37. The van der Waals surface area contributed by atoms with Gasteiger partial charge in [0.05, 0.1) is 11.4 Å². The van der Waals surface area contributed by atoms with E-state index in [4.69, 9.17) is 0 Å². The van der Waals surface area contributed by atoms with E-state index in [2.05, 4.69) is 34.0 Å². The Hall–Kier alpha value is -1.00. The van der Waals surface area contributed by atoms with E-state index in [1.165, 1.54) is 6.42 Å². The molecule has 2 atom stereocenters. The Morgan fingerprint density at radius 1 is 1.39 bits per heavy atom. The van der Waals surface area contributed by atoms with Gasteiger partial charge in [-0.15, -0.1) is 0 Å². The third-order valence-corrected chi connectivity index (χ3v) is 3.68. The van der Waals surface area contributed by atoms with Crippen LogP contribution >= 0.6 is 0 Å². The highest BCUT2D eigenvalue weighted by Gasteiger charge is 2.25. The van der Waals surface area contributed by atoms with Crippen molar-refractivity contribution in [2.75, 3.05) is 19.6 Å². The van der Waals surface area contributed by atoms with Crippen LogP contribution < -0.4 is 5.32 Å². The Morgan fingerprint density at radius 3 is 2.83 bits per heavy atom. The van der Waals surface area contributed by atoms with Crippen LogP contribution in [0.1, 0.15) is 31.7 Å². The predicted molar refractivity (Wildman–Crippen MR) is 73.3 cm³/mol. The first kappa shape index (κ1) is 13.4. The molecule has 2 unspecified atom stereocenters. The van der Waals surface area contributed by atoms with Crippen molar-refractivity contribution in [3.8, 4) is 0 Å². The van der Waals surface area contributed by atoms with Crippen molar-refractivity contribution >= 4 is 0 Å². The predicted octanol–water partition coefficient (Wildman–Crippen LogP) is 1.60. The molecule has 1 aliphatic rings. The van der Waals surface area contributed by atoms with Gasteiger partial charge in [-0.2, -0.15) is 0 Å². The summed E-state index contributed by atoms with van der Waals surface area (Å²) in [7, 11) is 0. The molecule has 1 N–H and O–H groups in total. The Balaban J connectivity index is 1.87. The summed E-state index contributed by atoms with van der Waals surface area (Å²) in [4.78, 5) is 11.2. The normalized spacial score (nSPS) is 25.3. The van der Waals surface area contributed by atoms with Crippen molar-refractivity contribution in [2.24, 2.45) is 5.92 Å². The Labute approximate surface area is 110 Å². The van der Waals surface area contributed by atoms with E-state index in [0.29, 0.717) is 12.0 Å². The highest BCUT2D eigenvalue weighted by atomic mass is 15.2. The molecule has 4 heteroatoms. The molecule has 1 fully saturated rings. The lowest BCUT2D eigenvalue weighted by atomic mass is 9.94. The van der Waals surface area contributed by atoms with Gasteiger partial charge in [0.25, 0.3) is 0 Å². The monoisotopic (exact) mass is 248 g/mol. The first-order chi connectivity index (χ1) is 8.69. The molecule has 2 rings (SSSR count). The summed E-state index contributed by atoms with van der Waals surface area (Å²) in [5.74, 6) is 0.706. The fourth-order valence-corrected chi connectivity index (χ4v) is 2.67. The van der Waals surface area contributed by atoms with Crippen molar-refractivity contribution in [1.82, 2.24) is 20.2 Å². The van der Waals surface area contributed by atoms with E-state index >= 15 is 0 Å². The van der Waals surface area contributed by atoms with Crippen molar-refractivity contribution in [3.05, 3.63) is 23.8 Å². The van der Waals surface area contributed by atoms with Crippen LogP contribution in [0.4, 0.5) is 0 Å². The first-order valence-electron chi connectivity index (χ1n) is 6.92. The van der Waals surface area contributed by atoms with E-state index in [1.54, 1.807) is 0 Å². The zero-order valence-electron chi connectivity index (χ0n) is 11.7. The molecule has 100 valence electrons. The minimum atomic E-state index is 0.676. The third-order valence-electron chi connectivity index (χ3n) is 3.68. The number of piperidine rings is 1. The minimum absolute atomic E-state index is 0.676. The summed E-state index contributed by atoms with van der Waals surface area (Å²) in [5.41, 5.74) is 2.06. The highest BCUT2D eigenvalue weighted by Crippen LogP contribution is 2.18. The van der Waals surface area contributed by atoms with Crippen LogP contribution in [0.2, 0.25) is 0 Å². The van der Waals surface area contributed by atoms with Crippen LogP contribution in [-0.4, -0.2) is 40.5 Å². The van der Waals surface area contributed by atoms with E-state index in [0.717, 1.165) is 37.6 Å². The van der Waals surface area contributed by atoms with Gasteiger partial charge in [0.15, 0.2) is 0 Å². The molecule has 18 heavy (non-hydrogen) atoms. The zero-order chi connectivity index (χ0) is 13.0. The summed E-state index contributed by atoms with van der Waals surface area (Å²) >= 11 is 0. The number of hydrogen-bond donors (Lipinski definition) is 1. The van der Waals surface area contributed by atoms with Crippen molar-refractivity contribution in [2.45, 2.75) is 39.8 Å². The first-order valence-corrected chi connectivity index (χ1v) is 6.92. The van der Waals surface area contributed by atoms with E-state index in [9.17, 15) is 0 Å². The molecule has 0 radical (unpaired) electrons. The Bertz CT molecular complexity index is 363. The lowest BCUT2D eigenvalue weighted by molar-refractivity contribution is 0.140. The van der Waals surface area contributed by atoms with Gasteiger partial charge in [0.2, 0.25) is 0 Å². The van der Waals surface area contributed by atoms with Gasteiger partial charge in [-0.25, -0.2) is 0 Å². The maximum absolute atomic E-state index is 4.43. The second kappa shape index (κ2) is 6.25. The largest absolute Gasteiger partial charge is 0.314 e. The number of nitrogens with zero attached hydrogens (tertiary/aromatic N) is 3. The van der Waals surface area contributed by atoms with Gasteiger partial charge < -0.3 is 5.32 Å². The molecule has 1 aliphatic heterocycles. The molecule has 0 aromatic carbocycles. The second-order valence-electron chi connectivity index (χ2n) is 5.31. The standard InChI is InChI=1S/C14H24N4/c1-4-15-14-5-6-18(9-11(14)2)10-13-8-16-12(3)7-17-13/h7-8,11,14-15H,4-6,9-10H2,1-3H3. The number of rotatable bonds is 4. The van der Waals surface area contributed by atoms with Gasteiger partial charge >= 0.3 is 0 Å². The second-order valence-corrected chi connectivity index (χ2v) is 5.31. The molecule has 4 nitrogen and oxygen atoms in total. The fourth-order valence-electron chi connectivity index (χ4n) is 2.67. The molecule has 0 aliphatic carbocycles. The summed E-state index contributed by atoms with van der Waals surface area (Å²) in [5, 5.41) is 3.57. The number of hydrogen-bond acceptors (Lipinski definition) is 4. The van der Waals surface area contributed by atoms with Gasteiger partial charge in [0.1, 0.15) is 0 Å². The molecule has 0 spiro atoms. The summed E-state index contributed by atoms with van der Waals surface area (Å²) in [6, 6.07) is 0.676. The summed E-state index contributed by atoms with van der Waals surface area (Å²) in [6.45, 7) is 10.8. The molecule has 2 heterocycles. The van der Waals surface area contributed by atoms with Gasteiger partial charge in [-0.3, -0.25) is 14.9 Å². The lowest BCUT2D eigenvalue weighted by Crippen LogP contribution is -2.47. The number of aryl methyl sites for hydroxylation is 1. The van der Waals surface area contributed by atoms with Crippen LogP contribution in [0.5, 0.6) is 0 Å². The van der Waals surface area contributed by atoms with Gasteiger partial charge in [-0.05, 0) is 25.8 Å². The zero-order valence-corrected chi connectivity index (χ0v) is 11.7. The van der Waals surface area contributed by atoms with E-state index in [-0.39, 0.29) is 0 Å². The highest BCUT2D eigenvalue weighted by molar-refractivity contribution is 5.01. The SMILES string of the molecule is CCNC1CCN(Cc2cnc(C)cn2)CC1C. The molecule has 1 aromatic rings. The average molecular weight is 248 g/mol. The van der Waals surface area contributed by atoms with E-state index in [1.807, 2.05) is 19.3 Å². The quantitative estimate of drug-likeness (QED) is 0.879. The Kier molecular flexibility index (Phi) is 4.66. The van der Waals surface area contributed by atoms with Gasteiger partial charge in [-0.1, -0.05) is 13.8 Å². The molecule has 0 bridgehead atoms. The smallest absolute Gasteiger partial charge is 0.0727 e. The molecule has 0 amide bonds. The molecular weight excluding hydrogens is 224 g/mol. The molecular formula is C14H24N4. The van der Waals surface area contributed by atoms with Crippen LogP contribution in [0.25, 0.3) is 0 Å². The topological polar surface area (TPSA) is 41.0 Å². The van der Waals surface area contributed by atoms with Crippen LogP contribution in [0.15, 0.2) is 12.4 Å². The summed E-state index contributed by atoms with van der Waals surface area (Å²) in [6.07, 6.45) is 4.98. The molecule has 1 saturated heterocycles. The number of nitrogens with one attached hydrogen (secondary N) is 1. The maximum atomic E-state index is 4.43. The van der Waals surface area contributed by atoms with Crippen LogP contribution in [0, 0.1) is 12.8 Å². The van der Waals surface area contributed by atoms with Gasteiger partial charge in [0, 0.05) is 38.1 Å². The fraction of sp³-hybridized carbons (Fsp3) is 0.714. The number of likely N-dealkylation sites (tertiary alicyclic amines) is 1. The van der Waals surface area contributed by atoms with Crippen LogP contribution in [0.3, 0.4) is 0 Å². The Morgan fingerprint density at radius 2 is 2.22 bits per heavy atom.